The molecule has 1 saturated heterocycles. The Morgan fingerprint density at radius 1 is 1.42 bits per heavy atom. The number of aromatic nitrogens is 1. The molecule has 2 rings (SSSR count). The molecule has 0 aliphatic carbocycles. The van der Waals surface area contributed by atoms with Crippen LogP contribution in [0.5, 0.6) is 0 Å². The summed E-state index contributed by atoms with van der Waals surface area (Å²) >= 11 is 0.943. The number of carboxylic acid groups (broad SMARTS) is 1. The van der Waals surface area contributed by atoms with Gasteiger partial charge < -0.3 is 15.1 Å². The Labute approximate surface area is 114 Å². The third-order valence-corrected chi connectivity index (χ3v) is 4.09. The van der Waals surface area contributed by atoms with E-state index in [1.165, 1.54) is 5.38 Å². The van der Waals surface area contributed by atoms with Gasteiger partial charge in [0, 0.05) is 11.9 Å². The maximum absolute atomic E-state index is 12.3. The number of aliphatic hydroxyl groups is 1. The maximum atomic E-state index is 12.3. The molecule has 2 N–H and O–H groups in total. The van der Waals surface area contributed by atoms with Crippen LogP contribution in [0.25, 0.3) is 0 Å². The van der Waals surface area contributed by atoms with Crippen molar-refractivity contribution in [3.05, 3.63) is 16.1 Å². The van der Waals surface area contributed by atoms with Gasteiger partial charge in [-0.1, -0.05) is 12.8 Å². The molecule has 1 aromatic rings. The lowest BCUT2D eigenvalue weighted by Gasteiger charge is -2.27. The number of carbonyl (C=O) groups excluding carboxylic acids is 1. The average molecular weight is 284 g/mol. The van der Waals surface area contributed by atoms with E-state index >= 15 is 0 Å². The lowest BCUT2D eigenvalue weighted by Crippen LogP contribution is -2.42. The Kier molecular flexibility index (Phi) is 4.49. The third-order valence-electron chi connectivity index (χ3n) is 3.26. The van der Waals surface area contributed by atoms with Crippen LogP contribution in [0, 0.1) is 0 Å². The highest BCUT2D eigenvalue weighted by atomic mass is 32.1. The van der Waals surface area contributed by atoms with Gasteiger partial charge in [-0.25, -0.2) is 9.78 Å². The summed E-state index contributed by atoms with van der Waals surface area (Å²) in [6, 6.07) is -0.190. The molecular formula is C12H16N2O4S. The SMILES string of the molecule is O=C(O)c1nc(C(=O)N2CCCCCC2CO)cs1. The number of hydrogen-bond acceptors (Lipinski definition) is 5. The zero-order valence-electron chi connectivity index (χ0n) is 10.4. The number of carbonyl (C=O) groups is 2. The van der Waals surface area contributed by atoms with Crippen LogP contribution in [0.15, 0.2) is 5.38 Å². The standard InChI is InChI=1S/C12H16N2O4S/c15-6-8-4-2-1-3-5-14(8)11(16)9-7-19-10(13-9)12(17)18/h7-8,15H,1-6H2,(H,17,18). The van der Waals surface area contributed by atoms with E-state index < -0.39 is 5.97 Å². The predicted molar refractivity (Wildman–Crippen MR) is 69.5 cm³/mol. The minimum absolute atomic E-state index is 0.0678. The Hall–Kier alpha value is -1.47. The van der Waals surface area contributed by atoms with E-state index in [9.17, 15) is 14.7 Å². The fourth-order valence-corrected chi connectivity index (χ4v) is 2.88. The van der Waals surface area contributed by atoms with E-state index in [2.05, 4.69) is 4.98 Å². The number of likely N-dealkylation sites (tertiary alicyclic amines) is 1. The highest BCUT2D eigenvalue weighted by Gasteiger charge is 2.27. The minimum atomic E-state index is -1.13. The van der Waals surface area contributed by atoms with Crippen LogP contribution in [-0.4, -0.2) is 51.2 Å². The van der Waals surface area contributed by atoms with Gasteiger partial charge in [-0.15, -0.1) is 11.3 Å². The molecule has 1 unspecified atom stereocenters. The van der Waals surface area contributed by atoms with Gasteiger partial charge in [0.1, 0.15) is 5.69 Å². The first kappa shape index (κ1) is 14.0. The molecule has 19 heavy (non-hydrogen) atoms. The van der Waals surface area contributed by atoms with Gasteiger partial charge in [-0.3, -0.25) is 4.79 Å². The second-order valence-electron chi connectivity index (χ2n) is 4.53. The summed E-state index contributed by atoms with van der Waals surface area (Å²) < 4.78 is 0. The topological polar surface area (TPSA) is 90.7 Å². The van der Waals surface area contributed by atoms with Gasteiger partial charge in [-0.05, 0) is 12.8 Å². The molecular weight excluding hydrogens is 268 g/mol. The molecule has 7 heteroatoms. The predicted octanol–water partition coefficient (Wildman–Crippen LogP) is 1.22. The van der Waals surface area contributed by atoms with Gasteiger partial charge in [0.05, 0.1) is 12.6 Å². The number of thiazole rings is 1. The number of rotatable bonds is 3. The van der Waals surface area contributed by atoms with Crippen molar-refractivity contribution in [1.82, 2.24) is 9.88 Å². The van der Waals surface area contributed by atoms with Gasteiger partial charge in [0.2, 0.25) is 5.01 Å². The van der Waals surface area contributed by atoms with Crippen LogP contribution >= 0.6 is 11.3 Å². The van der Waals surface area contributed by atoms with Gasteiger partial charge in [0.25, 0.3) is 5.91 Å². The van der Waals surface area contributed by atoms with Gasteiger partial charge in [0.15, 0.2) is 0 Å². The van der Waals surface area contributed by atoms with Gasteiger partial charge >= 0.3 is 5.97 Å². The molecule has 1 aromatic heterocycles. The summed E-state index contributed by atoms with van der Waals surface area (Å²) in [7, 11) is 0. The van der Waals surface area contributed by atoms with E-state index in [0.717, 1.165) is 37.0 Å². The Balaban J connectivity index is 2.17. The number of carboxylic acids is 1. The van der Waals surface area contributed by atoms with E-state index in [0.29, 0.717) is 6.54 Å². The van der Waals surface area contributed by atoms with Crippen LogP contribution in [0.2, 0.25) is 0 Å². The molecule has 1 aliphatic heterocycles. The van der Waals surface area contributed by atoms with E-state index in [1.54, 1.807) is 4.90 Å². The lowest BCUT2D eigenvalue weighted by atomic mass is 10.1. The molecule has 2 heterocycles. The molecule has 0 spiro atoms. The minimum Gasteiger partial charge on any atom is -0.476 e. The smallest absolute Gasteiger partial charge is 0.365 e. The van der Waals surface area contributed by atoms with Gasteiger partial charge in [-0.2, -0.15) is 0 Å². The maximum Gasteiger partial charge on any atom is 0.365 e. The summed E-state index contributed by atoms with van der Waals surface area (Å²) in [4.78, 5) is 28.5. The highest BCUT2D eigenvalue weighted by Crippen LogP contribution is 2.20. The van der Waals surface area contributed by atoms with Crippen molar-refractivity contribution >= 4 is 23.2 Å². The summed E-state index contributed by atoms with van der Waals surface area (Å²) in [6.07, 6.45) is 3.71. The Bertz CT molecular complexity index is 474. The number of aliphatic hydroxyl groups excluding tert-OH is 1. The van der Waals surface area contributed by atoms with Crippen molar-refractivity contribution < 1.29 is 19.8 Å². The van der Waals surface area contributed by atoms with Crippen molar-refractivity contribution in [3.63, 3.8) is 0 Å². The van der Waals surface area contributed by atoms with E-state index in [1.807, 2.05) is 0 Å². The van der Waals surface area contributed by atoms with Crippen LogP contribution < -0.4 is 0 Å². The lowest BCUT2D eigenvalue weighted by molar-refractivity contribution is 0.0594. The first-order valence-electron chi connectivity index (χ1n) is 6.24. The number of aromatic carboxylic acids is 1. The number of amides is 1. The zero-order chi connectivity index (χ0) is 13.8. The molecule has 0 bridgehead atoms. The summed E-state index contributed by atoms with van der Waals surface area (Å²) in [6.45, 7) is 0.520. The molecule has 1 amide bonds. The second-order valence-corrected chi connectivity index (χ2v) is 5.39. The van der Waals surface area contributed by atoms with Crippen molar-refractivity contribution in [1.29, 1.82) is 0 Å². The molecule has 104 valence electrons. The first-order chi connectivity index (χ1) is 9.13. The number of nitrogens with zero attached hydrogens (tertiary/aromatic N) is 2. The molecule has 1 fully saturated rings. The molecule has 1 aliphatic rings. The third kappa shape index (κ3) is 3.10. The molecule has 6 nitrogen and oxygen atoms in total. The number of hydrogen-bond donors (Lipinski definition) is 2. The molecule has 0 radical (unpaired) electrons. The van der Waals surface area contributed by atoms with E-state index in [-0.39, 0.29) is 29.3 Å². The van der Waals surface area contributed by atoms with E-state index in [4.69, 9.17) is 5.11 Å². The zero-order valence-corrected chi connectivity index (χ0v) is 11.2. The average Bonchev–Trinajstić information content (AvgIpc) is 2.77. The monoisotopic (exact) mass is 284 g/mol. The Morgan fingerprint density at radius 2 is 2.21 bits per heavy atom. The Morgan fingerprint density at radius 3 is 2.84 bits per heavy atom. The first-order valence-corrected chi connectivity index (χ1v) is 7.12. The van der Waals surface area contributed by atoms with Crippen molar-refractivity contribution in [2.75, 3.05) is 13.2 Å². The fourth-order valence-electron chi connectivity index (χ4n) is 2.25. The molecule has 0 saturated carbocycles. The van der Waals surface area contributed by atoms with Crippen LogP contribution in [0.1, 0.15) is 46.0 Å². The quantitative estimate of drug-likeness (QED) is 0.871. The fraction of sp³-hybridized carbons (Fsp3) is 0.583. The normalized spacial score (nSPS) is 20.1. The molecule has 0 aromatic carbocycles. The second kappa shape index (κ2) is 6.12. The largest absolute Gasteiger partial charge is 0.476 e. The van der Waals surface area contributed by atoms with Crippen LogP contribution in [-0.2, 0) is 0 Å². The summed E-state index contributed by atoms with van der Waals surface area (Å²) in [5.74, 6) is -1.41. The molecule has 1 atom stereocenters. The summed E-state index contributed by atoms with van der Waals surface area (Å²) in [5, 5.41) is 19.6. The van der Waals surface area contributed by atoms with Crippen molar-refractivity contribution in [2.45, 2.75) is 31.7 Å². The van der Waals surface area contributed by atoms with Crippen molar-refractivity contribution in [2.24, 2.45) is 0 Å². The highest BCUT2D eigenvalue weighted by molar-refractivity contribution is 7.11. The van der Waals surface area contributed by atoms with Crippen LogP contribution in [0.4, 0.5) is 0 Å². The van der Waals surface area contributed by atoms with Crippen molar-refractivity contribution in [3.8, 4) is 0 Å². The van der Waals surface area contributed by atoms with Crippen LogP contribution in [0.3, 0.4) is 0 Å². The summed E-state index contributed by atoms with van der Waals surface area (Å²) in [5.41, 5.74) is 0.155.